The van der Waals surface area contributed by atoms with E-state index in [1.807, 2.05) is 24.0 Å². The number of fused-ring (bicyclic) bond motifs is 4. The van der Waals surface area contributed by atoms with Gasteiger partial charge >= 0.3 is 12.1 Å². The third kappa shape index (κ3) is 3.03. The van der Waals surface area contributed by atoms with E-state index in [9.17, 15) is 9.59 Å². The molecule has 0 N–H and O–H groups in total. The Balaban J connectivity index is 1.27. The number of hydrogen-bond donors (Lipinski definition) is 0. The van der Waals surface area contributed by atoms with Gasteiger partial charge in [0.1, 0.15) is 5.60 Å². The van der Waals surface area contributed by atoms with Crippen molar-refractivity contribution in [2.75, 3.05) is 19.7 Å². The lowest BCUT2D eigenvalue weighted by Gasteiger charge is -2.46. The third-order valence-electron chi connectivity index (χ3n) is 7.48. The molecule has 3 fully saturated rings. The Hall–Kier alpha value is -2.08. The van der Waals surface area contributed by atoms with Gasteiger partial charge in [-0.25, -0.2) is 9.59 Å². The number of esters is 1. The summed E-state index contributed by atoms with van der Waals surface area (Å²) in [6.45, 7) is 6.24. The molecular weight excluding hydrogens is 368 g/mol. The van der Waals surface area contributed by atoms with Crippen LogP contribution in [0.2, 0.25) is 0 Å². The van der Waals surface area contributed by atoms with Gasteiger partial charge in [0.05, 0.1) is 12.2 Å². The van der Waals surface area contributed by atoms with Crippen molar-refractivity contribution >= 4 is 12.1 Å². The summed E-state index contributed by atoms with van der Waals surface area (Å²) < 4.78 is 11.2. The van der Waals surface area contributed by atoms with Crippen molar-refractivity contribution in [3.63, 3.8) is 0 Å². The van der Waals surface area contributed by atoms with Gasteiger partial charge in [-0.2, -0.15) is 0 Å². The maximum atomic E-state index is 12.4. The molecule has 2 bridgehead atoms. The minimum atomic E-state index is -0.445. The van der Waals surface area contributed by atoms with Crippen LogP contribution in [0.5, 0.6) is 0 Å². The van der Waals surface area contributed by atoms with Crippen molar-refractivity contribution in [3.05, 3.63) is 34.9 Å². The zero-order valence-electron chi connectivity index (χ0n) is 17.4. The van der Waals surface area contributed by atoms with Crippen LogP contribution in [-0.4, -0.2) is 59.7 Å². The van der Waals surface area contributed by atoms with Crippen LogP contribution >= 0.6 is 0 Å². The second-order valence-electron chi connectivity index (χ2n) is 9.09. The first-order valence-electron chi connectivity index (χ1n) is 11.0. The Kier molecular flexibility index (Phi) is 4.57. The maximum Gasteiger partial charge on any atom is 0.410 e. The molecule has 5 rings (SSSR count). The summed E-state index contributed by atoms with van der Waals surface area (Å²) >= 11 is 0. The summed E-state index contributed by atoms with van der Waals surface area (Å²) in [7, 11) is 0. The summed E-state index contributed by atoms with van der Waals surface area (Å²) in [6, 6.07) is 7.15. The summed E-state index contributed by atoms with van der Waals surface area (Å²) in [6.07, 6.45) is 5.78. The molecule has 0 radical (unpaired) electrons. The van der Waals surface area contributed by atoms with E-state index < -0.39 is 5.60 Å². The standard InChI is InChI=1S/C23H30N2O4/c1-3-28-22(27)25-16-5-6-17(25)14-18(13-16)24-10-8-23(9-11-24)20-12-15(2)4-7-19(20)21(26)29-23/h4,7,12,16-18H,3,5-6,8-11,13-14H2,1-2H3. The average Bonchev–Trinajstić information content (AvgIpc) is 3.12. The average molecular weight is 399 g/mol. The largest absolute Gasteiger partial charge is 0.450 e. The predicted octanol–water partition coefficient (Wildman–Crippen LogP) is 3.61. The topological polar surface area (TPSA) is 59.1 Å². The molecule has 0 saturated carbocycles. The van der Waals surface area contributed by atoms with E-state index in [0.29, 0.717) is 24.7 Å². The highest BCUT2D eigenvalue weighted by atomic mass is 16.6. The van der Waals surface area contributed by atoms with Gasteiger partial charge in [-0.1, -0.05) is 17.7 Å². The molecule has 0 aromatic heterocycles. The van der Waals surface area contributed by atoms with Crippen molar-refractivity contribution in [2.24, 2.45) is 0 Å². The van der Waals surface area contributed by atoms with Crippen LogP contribution in [0.15, 0.2) is 18.2 Å². The molecule has 29 heavy (non-hydrogen) atoms. The summed E-state index contributed by atoms with van der Waals surface area (Å²) in [5, 5.41) is 0. The quantitative estimate of drug-likeness (QED) is 0.713. The fraction of sp³-hybridized carbons (Fsp3) is 0.652. The van der Waals surface area contributed by atoms with Gasteiger partial charge in [0, 0.05) is 49.6 Å². The molecule has 3 saturated heterocycles. The van der Waals surface area contributed by atoms with Gasteiger partial charge in [0.15, 0.2) is 0 Å². The normalized spacial score (nSPS) is 30.3. The van der Waals surface area contributed by atoms with E-state index in [2.05, 4.69) is 17.9 Å². The number of rotatable bonds is 2. The maximum absolute atomic E-state index is 12.4. The number of ether oxygens (including phenoxy) is 2. The first-order chi connectivity index (χ1) is 14.0. The summed E-state index contributed by atoms with van der Waals surface area (Å²) in [4.78, 5) is 29.3. The minimum Gasteiger partial charge on any atom is -0.450 e. The van der Waals surface area contributed by atoms with Crippen molar-refractivity contribution < 1.29 is 19.1 Å². The minimum absolute atomic E-state index is 0.138. The second kappa shape index (κ2) is 7.01. The molecule has 0 aliphatic carbocycles. The summed E-state index contributed by atoms with van der Waals surface area (Å²) in [5.41, 5.74) is 2.55. The van der Waals surface area contributed by atoms with E-state index in [0.717, 1.165) is 62.7 Å². The molecular formula is C23H30N2O4. The smallest absolute Gasteiger partial charge is 0.410 e. The van der Waals surface area contributed by atoms with E-state index in [-0.39, 0.29) is 12.1 Å². The Morgan fingerprint density at radius 2 is 1.86 bits per heavy atom. The molecule has 1 aromatic rings. The fourth-order valence-corrected chi connectivity index (χ4v) is 6.06. The molecule has 156 valence electrons. The highest BCUT2D eigenvalue weighted by Crippen LogP contribution is 2.46. The van der Waals surface area contributed by atoms with Crippen LogP contribution in [0.3, 0.4) is 0 Å². The highest BCUT2D eigenvalue weighted by Gasteiger charge is 2.50. The first kappa shape index (κ1) is 18.9. The van der Waals surface area contributed by atoms with Gasteiger partial charge < -0.3 is 14.4 Å². The van der Waals surface area contributed by atoms with E-state index in [4.69, 9.17) is 9.47 Å². The SMILES string of the molecule is CCOC(=O)N1C2CCC1CC(N1CCC3(CC1)OC(=O)c1ccc(C)cc13)C2. The molecule has 2 atom stereocenters. The van der Waals surface area contributed by atoms with Crippen molar-refractivity contribution in [3.8, 4) is 0 Å². The first-order valence-corrected chi connectivity index (χ1v) is 11.0. The third-order valence-corrected chi connectivity index (χ3v) is 7.48. The molecule has 1 aromatic carbocycles. The lowest BCUT2D eigenvalue weighted by molar-refractivity contribution is -0.0560. The molecule has 4 aliphatic rings. The van der Waals surface area contributed by atoms with Crippen LogP contribution < -0.4 is 0 Å². The van der Waals surface area contributed by atoms with Crippen LogP contribution in [0.1, 0.15) is 66.9 Å². The second-order valence-corrected chi connectivity index (χ2v) is 9.09. The van der Waals surface area contributed by atoms with Crippen molar-refractivity contribution in [1.29, 1.82) is 0 Å². The van der Waals surface area contributed by atoms with E-state index in [1.165, 1.54) is 5.56 Å². The fourth-order valence-electron chi connectivity index (χ4n) is 6.06. The summed E-state index contributed by atoms with van der Waals surface area (Å²) in [5.74, 6) is -0.172. The van der Waals surface area contributed by atoms with Crippen LogP contribution in [0.4, 0.5) is 4.79 Å². The van der Waals surface area contributed by atoms with Gasteiger partial charge in [0.25, 0.3) is 0 Å². The molecule has 6 nitrogen and oxygen atoms in total. The Morgan fingerprint density at radius 3 is 2.52 bits per heavy atom. The molecule has 6 heteroatoms. The predicted molar refractivity (Wildman–Crippen MR) is 108 cm³/mol. The van der Waals surface area contributed by atoms with Gasteiger partial charge in [-0.15, -0.1) is 0 Å². The van der Waals surface area contributed by atoms with Crippen LogP contribution in [-0.2, 0) is 15.1 Å². The molecule has 1 spiro atoms. The number of carbonyl (C=O) groups is 2. The van der Waals surface area contributed by atoms with Crippen molar-refractivity contribution in [1.82, 2.24) is 9.80 Å². The zero-order chi connectivity index (χ0) is 20.2. The lowest BCUT2D eigenvalue weighted by atomic mass is 9.82. The Morgan fingerprint density at radius 1 is 1.17 bits per heavy atom. The number of carbonyl (C=O) groups excluding carboxylic acids is 2. The van der Waals surface area contributed by atoms with Gasteiger partial charge in [-0.3, -0.25) is 4.90 Å². The van der Waals surface area contributed by atoms with E-state index >= 15 is 0 Å². The number of benzene rings is 1. The number of amides is 1. The Bertz CT molecular complexity index is 816. The number of nitrogens with zero attached hydrogens (tertiary/aromatic N) is 2. The van der Waals surface area contributed by atoms with Crippen molar-refractivity contribution in [2.45, 2.75) is 76.1 Å². The van der Waals surface area contributed by atoms with Gasteiger partial charge in [0.2, 0.25) is 0 Å². The number of hydrogen-bond acceptors (Lipinski definition) is 5. The Labute approximate surface area is 172 Å². The molecule has 4 heterocycles. The molecule has 4 aliphatic heterocycles. The highest BCUT2D eigenvalue weighted by molar-refractivity contribution is 5.94. The number of likely N-dealkylation sites (tertiary alicyclic amines) is 1. The lowest BCUT2D eigenvalue weighted by Crippen LogP contribution is -2.55. The molecule has 1 amide bonds. The van der Waals surface area contributed by atoms with E-state index in [1.54, 1.807) is 0 Å². The number of piperidine rings is 2. The van der Waals surface area contributed by atoms with Gasteiger partial charge in [-0.05, 0) is 45.6 Å². The van der Waals surface area contributed by atoms with Crippen LogP contribution in [0.25, 0.3) is 0 Å². The van der Waals surface area contributed by atoms with Crippen LogP contribution in [0, 0.1) is 6.92 Å². The number of aryl methyl sites for hydroxylation is 1. The zero-order valence-corrected chi connectivity index (χ0v) is 17.4. The molecule has 2 unspecified atom stereocenters. The monoisotopic (exact) mass is 398 g/mol.